The van der Waals surface area contributed by atoms with Crippen molar-refractivity contribution in [3.63, 3.8) is 0 Å². The van der Waals surface area contributed by atoms with Gasteiger partial charge >= 0.3 is 0 Å². The number of rotatable bonds is 2. The molecule has 88 valence electrons. The van der Waals surface area contributed by atoms with Gasteiger partial charge in [-0.3, -0.25) is 0 Å². The highest BCUT2D eigenvalue weighted by atomic mass is 16.3. The minimum absolute atomic E-state index is 0.625. The first-order chi connectivity index (χ1) is 8.83. The molecule has 0 amide bonds. The maximum absolute atomic E-state index is 5.29. The smallest absolute Gasteiger partial charge is 0.178 e. The van der Waals surface area contributed by atoms with Crippen molar-refractivity contribution in [3.8, 4) is 22.8 Å². The topological polar surface area (TPSA) is 51.8 Å². The number of pyridine rings is 1. The van der Waals surface area contributed by atoms with Crippen molar-refractivity contribution >= 4 is 0 Å². The number of aryl methyl sites for hydroxylation is 1. The summed E-state index contributed by atoms with van der Waals surface area (Å²) in [5, 5.41) is 0. The molecular formula is C14H11N3O. The first-order valence-electron chi connectivity index (χ1n) is 5.63. The molecular weight excluding hydrogens is 226 g/mol. The van der Waals surface area contributed by atoms with E-state index in [1.54, 1.807) is 24.7 Å². The molecule has 0 aliphatic carbocycles. The quantitative estimate of drug-likeness (QED) is 0.687. The normalized spacial score (nSPS) is 10.5. The van der Waals surface area contributed by atoms with Crippen molar-refractivity contribution < 1.29 is 4.42 Å². The minimum atomic E-state index is 0.625. The van der Waals surface area contributed by atoms with E-state index in [0.29, 0.717) is 5.82 Å². The van der Waals surface area contributed by atoms with Crippen LogP contribution in [0.1, 0.15) is 5.76 Å². The van der Waals surface area contributed by atoms with Crippen molar-refractivity contribution in [1.82, 2.24) is 15.0 Å². The molecule has 3 aromatic heterocycles. The Kier molecular flexibility index (Phi) is 2.61. The van der Waals surface area contributed by atoms with Crippen molar-refractivity contribution in [2.24, 2.45) is 0 Å². The van der Waals surface area contributed by atoms with Crippen LogP contribution in [0.5, 0.6) is 0 Å². The Labute approximate surface area is 104 Å². The average Bonchev–Trinajstić information content (AvgIpc) is 2.87. The highest BCUT2D eigenvalue weighted by Crippen LogP contribution is 2.22. The first kappa shape index (κ1) is 10.7. The molecule has 3 aromatic rings. The molecule has 0 saturated carbocycles. The lowest BCUT2D eigenvalue weighted by Gasteiger charge is -2.01. The number of hydrogen-bond donors (Lipinski definition) is 0. The van der Waals surface area contributed by atoms with E-state index >= 15 is 0 Å². The molecule has 0 saturated heterocycles. The lowest BCUT2D eigenvalue weighted by Crippen LogP contribution is -1.91. The molecule has 0 spiro atoms. The van der Waals surface area contributed by atoms with E-state index in [4.69, 9.17) is 4.42 Å². The van der Waals surface area contributed by atoms with E-state index in [1.807, 2.05) is 31.2 Å². The summed E-state index contributed by atoms with van der Waals surface area (Å²) in [5.74, 6) is 1.49. The Morgan fingerprint density at radius 1 is 1.00 bits per heavy atom. The summed E-state index contributed by atoms with van der Waals surface area (Å²) in [6.45, 7) is 1.91. The summed E-state index contributed by atoms with van der Waals surface area (Å²) in [5.41, 5.74) is 2.58. The lowest BCUT2D eigenvalue weighted by atomic mass is 10.2. The van der Waals surface area contributed by atoms with Gasteiger partial charge in [-0.1, -0.05) is 6.07 Å². The minimum Gasteiger partial charge on any atom is -0.469 e. The van der Waals surface area contributed by atoms with Crippen LogP contribution in [0.25, 0.3) is 22.8 Å². The summed E-state index contributed by atoms with van der Waals surface area (Å²) in [6.07, 6.45) is 5.12. The van der Waals surface area contributed by atoms with Gasteiger partial charge in [0.15, 0.2) is 5.82 Å². The van der Waals surface area contributed by atoms with Gasteiger partial charge in [0.1, 0.15) is 17.7 Å². The maximum Gasteiger partial charge on any atom is 0.178 e. The predicted octanol–water partition coefficient (Wildman–Crippen LogP) is 3.11. The molecule has 4 nitrogen and oxygen atoms in total. The van der Waals surface area contributed by atoms with Crippen LogP contribution in [0.3, 0.4) is 0 Å². The second-order valence-electron chi connectivity index (χ2n) is 3.93. The van der Waals surface area contributed by atoms with Crippen LogP contribution in [0, 0.1) is 6.92 Å². The standard InChI is InChI=1S/C14H11N3O/c1-10-8-11(9-18-10)12-4-2-5-13(17-12)14-15-6-3-7-16-14/h2-9H,1H3. The third-order valence-electron chi connectivity index (χ3n) is 2.57. The first-order valence-corrected chi connectivity index (χ1v) is 5.63. The number of nitrogens with zero attached hydrogens (tertiary/aromatic N) is 3. The molecule has 0 atom stereocenters. The fourth-order valence-electron chi connectivity index (χ4n) is 1.73. The van der Waals surface area contributed by atoms with Gasteiger partial charge < -0.3 is 4.42 Å². The van der Waals surface area contributed by atoms with Crippen molar-refractivity contribution in [2.75, 3.05) is 0 Å². The number of furan rings is 1. The predicted molar refractivity (Wildman–Crippen MR) is 67.7 cm³/mol. The Hall–Kier alpha value is -2.49. The van der Waals surface area contributed by atoms with Crippen LogP contribution in [-0.4, -0.2) is 15.0 Å². The number of aromatic nitrogens is 3. The fourth-order valence-corrected chi connectivity index (χ4v) is 1.73. The lowest BCUT2D eigenvalue weighted by molar-refractivity contribution is 0.535. The summed E-state index contributed by atoms with van der Waals surface area (Å²) >= 11 is 0. The third kappa shape index (κ3) is 2.00. The van der Waals surface area contributed by atoms with Gasteiger partial charge in [-0.2, -0.15) is 0 Å². The number of hydrogen-bond acceptors (Lipinski definition) is 4. The van der Waals surface area contributed by atoms with Gasteiger partial charge in [-0.15, -0.1) is 0 Å². The van der Waals surface area contributed by atoms with E-state index in [-0.39, 0.29) is 0 Å². The SMILES string of the molecule is Cc1cc(-c2cccc(-c3ncccn3)n2)co1. The molecule has 0 aliphatic heterocycles. The average molecular weight is 237 g/mol. The van der Waals surface area contributed by atoms with Crippen LogP contribution < -0.4 is 0 Å². The molecule has 0 bridgehead atoms. The second kappa shape index (κ2) is 4.41. The molecule has 0 unspecified atom stereocenters. The maximum atomic E-state index is 5.29. The zero-order valence-electron chi connectivity index (χ0n) is 9.87. The van der Waals surface area contributed by atoms with E-state index in [1.165, 1.54) is 0 Å². The molecule has 18 heavy (non-hydrogen) atoms. The van der Waals surface area contributed by atoms with Gasteiger partial charge in [0, 0.05) is 18.0 Å². The van der Waals surface area contributed by atoms with E-state index in [9.17, 15) is 0 Å². The van der Waals surface area contributed by atoms with Crippen molar-refractivity contribution in [2.45, 2.75) is 6.92 Å². The molecule has 0 aliphatic rings. The summed E-state index contributed by atoms with van der Waals surface area (Å²) in [7, 11) is 0. The Balaban J connectivity index is 2.05. The van der Waals surface area contributed by atoms with E-state index in [2.05, 4.69) is 15.0 Å². The molecule has 3 heterocycles. The zero-order chi connectivity index (χ0) is 12.4. The largest absolute Gasteiger partial charge is 0.469 e. The van der Waals surface area contributed by atoms with E-state index < -0.39 is 0 Å². The van der Waals surface area contributed by atoms with Crippen LogP contribution in [-0.2, 0) is 0 Å². The molecule has 0 radical (unpaired) electrons. The summed E-state index contributed by atoms with van der Waals surface area (Å²) < 4.78 is 5.29. The van der Waals surface area contributed by atoms with E-state index in [0.717, 1.165) is 22.7 Å². The van der Waals surface area contributed by atoms with Crippen molar-refractivity contribution in [1.29, 1.82) is 0 Å². The Morgan fingerprint density at radius 2 is 1.78 bits per heavy atom. The van der Waals surface area contributed by atoms with Gasteiger partial charge in [-0.05, 0) is 31.2 Å². The highest BCUT2D eigenvalue weighted by Gasteiger charge is 2.06. The fraction of sp³-hybridized carbons (Fsp3) is 0.0714. The highest BCUT2D eigenvalue weighted by molar-refractivity contribution is 5.62. The summed E-state index contributed by atoms with van der Waals surface area (Å²) in [6, 6.07) is 9.52. The van der Waals surface area contributed by atoms with Gasteiger partial charge in [0.05, 0.1) is 5.69 Å². The Bertz CT molecular complexity index is 662. The molecule has 4 heteroatoms. The van der Waals surface area contributed by atoms with Crippen LogP contribution in [0.4, 0.5) is 0 Å². The van der Waals surface area contributed by atoms with Crippen molar-refractivity contribution in [3.05, 3.63) is 54.7 Å². The van der Waals surface area contributed by atoms with Gasteiger partial charge in [-0.25, -0.2) is 15.0 Å². The second-order valence-corrected chi connectivity index (χ2v) is 3.93. The molecule has 0 N–H and O–H groups in total. The van der Waals surface area contributed by atoms with Gasteiger partial charge in [0.25, 0.3) is 0 Å². The third-order valence-corrected chi connectivity index (χ3v) is 2.57. The molecule has 0 fully saturated rings. The van der Waals surface area contributed by atoms with Crippen LogP contribution in [0.15, 0.2) is 53.4 Å². The van der Waals surface area contributed by atoms with Crippen LogP contribution in [0.2, 0.25) is 0 Å². The monoisotopic (exact) mass is 237 g/mol. The molecule has 3 rings (SSSR count). The Morgan fingerprint density at radius 3 is 2.50 bits per heavy atom. The molecule has 0 aromatic carbocycles. The summed E-state index contributed by atoms with van der Waals surface area (Å²) in [4.78, 5) is 12.9. The van der Waals surface area contributed by atoms with Gasteiger partial charge in [0.2, 0.25) is 0 Å². The van der Waals surface area contributed by atoms with Crippen LogP contribution >= 0.6 is 0 Å². The zero-order valence-corrected chi connectivity index (χ0v) is 9.87.